The highest BCUT2D eigenvalue weighted by Crippen LogP contribution is 2.44. The van der Waals surface area contributed by atoms with Gasteiger partial charge in [-0.15, -0.1) is 11.3 Å². The van der Waals surface area contributed by atoms with Gasteiger partial charge in [0.25, 0.3) is 0 Å². The van der Waals surface area contributed by atoms with Gasteiger partial charge in [-0.2, -0.15) is 0 Å². The molecule has 52 heavy (non-hydrogen) atoms. The molecule has 3 aromatic heterocycles. The molecule has 0 bridgehead atoms. The van der Waals surface area contributed by atoms with Crippen molar-refractivity contribution in [2.45, 2.75) is 12.8 Å². The van der Waals surface area contributed by atoms with Crippen molar-refractivity contribution in [2.75, 3.05) is 4.90 Å². The molecule has 0 radical (unpaired) electrons. The van der Waals surface area contributed by atoms with Crippen molar-refractivity contribution in [3.63, 3.8) is 0 Å². The van der Waals surface area contributed by atoms with Gasteiger partial charge < -0.3 is 13.9 Å². The van der Waals surface area contributed by atoms with E-state index in [0.717, 1.165) is 63.0 Å². The normalized spacial score (nSPS) is 13.0. The third kappa shape index (κ3) is 4.51. The molecule has 11 rings (SSSR count). The Hall–Kier alpha value is -6.36. The first-order chi connectivity index (χ1) is 25.8. The minimum atomic E-state index is 0.917. The lowest BCUT2D eigenvalue weighted by Gasteiger charge is -2.30. The molecule has 3 nitrogen and oxygen atoms in total. The highest BCUT2D eigenvalue weighted by molar-refractivity contribution is 7.20. The van der Waals surface area contributed by atoms with Crippen LogP contribution in [0, 0.1) is 0 Å². The fourth-order valence-electron chi connectivity index (χ4n) is 8.34. The molecule has 7 aromatic carbocycles. The summed E-state index contributed by atoms with van der Waals surface area (Å²) in [5.41, 5.74) is 12.7. The molecule has 0 N–H and O–H groups in total. The minimum absolute atomic E-state index is 0.917. The van der Waals surface area contributed by atoms with Crippen LogP contribution in [0.2, 0.25) is 0 Å². The molecule has 1 aliphatic carbocycles. The van der Waals surface area contributed by atoms with Crippen molar-refractivity contribution in [2.24, 2.45) is 0 Å². The average molecular weight is 685 g/mol. The third-order valence-electron chi connectivity index (χ3n) is 10.7. The maximum Gasteiger partial charge on any atom is 0.143 e. The summed E-state index contributed by atoms with van der Waals surface area (Å²) in [6, 6.07) is 59.1. The molecule has 0 aliphatic heterocycles. The highest BCUT2D eigenvalue weighted by atomic mass is 32.1. The smallest absolute Gasteiger partial charge is 0.143 e. The maximum atomic E-state index is 6.43. The van der Waals surface area contributed by atoms with Crippen LogP contribution in [0.4, 0.5) is 11.4 Å². The third-order valence-corrected chi connectivity index (χ3v) is 11.9. The number of furan rings is 1. The van der Waals surface area contributed by atoms with Crippen LogP contribution in [0.1, 0.15) is 16.9 Å². The Morgan fingerprint density at radius 2 is 1.25 bits per heavy atom. The Morgan fingerprint density at radius 3 is 2.13 bits per heavy atom. The van der Waals surface area contributed by atoms with Crippen molar-refractivity contribution < 1.29 is 4.42 Å². The number of aryl methyl sites for hydroxylation is 1. The van der Waals surface area contributed by atoms with Crippen molar-refractivity contribution in [1.82, 2.24) is 4.57 Å². The standard InChI is InChI=1S/C48H32N2OS/c1-2-11-32(12-3-1)50-43-18-7-4-13-37(43)38-27-25-34(29-44(38)50)49(35-26-28-41-40-15-6-9-20-46(40)52-47(41)30-35)33-23-21-31(22-24-33)36-16-10-17-42-39-14-5-8-19-45(39)51-48(36)42/h1-25,27,29-30H,26,28H2. The van der Waals surface area contributed by atoms with E-state index in [0.29, 0.717) is 0 Å². The number of para-hydroxylation sites is 4. The first kappa shape index (κ1) is 29.4. The SMILES string of the molecule is C1=C(N(c2ccc(-c3cccc4c3oc3ccccc34)cc2)c2ccc3c4ccccc4n(-c4ccccc4)c3c2)CCc2c1sc1ccccc21. The second-order valence-corrected chi connectivity index (χ2v) is 14.7. The average Bonchev–Trinajstić information content (AvgIpc) is 3.88. The molecular formula is C48H32N2OS. The van der Waals surface area contributed by atoms with Gasteiger partial charge in [0.15, 0.2) is 0 Å². The first-order valence-corrected chi connectivity index (χ1v) is 18.7. The predicted octanol–water partition coefficient (Wildman–Crippen LogP) is 13.7. The van der Waals surface area contributed by atoms with E-state index in [1.807, 2.05) is 23.5 Å². The van der Waals surface area contributed by atoms with Gasteiger partial charge in [-0.05, 0) is 90.0 Å². The molecule has 0 spiro atoms. The Morgan fingerprint density at radius 1 is 0.538 bits per heavy atom. The Bertz CT molecular complexity index is 3020. The van der Waals surface area contributed by atoms with Gasteiger partial charge >= 0.3 is 0 Å². The Kier molecular flexibility index (Phi) is 6.55. The van der Waals surface area contributed by atoms with E-state index < -0.39 is 0 Å². The first-order valence-electron chi connectivity index (χ1n) is 17.9. The topological polar surface area (TPSA) is 21.3 Å². The lowest BCUT2D eigenvalue weighted by molar-refractivity contribution is 0.670. The quantitative estimate of drug-likeness (QED) is 0.180. The minimum Gasteiger partial charge on any atom is -0.455 e. The molecule has 0 amide bonds. The summed E-state index contributed by atoms with van der Waals surface area (Å²) in [6.07, 6.45) is 4.40. The Balaban J connectivity index is 1.10. The van der Waals surface area contributed by atoms with Crippen LogP contribution in [-0.2, 0) is 6.42 Å². The van der Waals surface area contributed by atoms with Crippen molar-refractivity contribution in [3.05, 3.63) is 180 Å². The van der Waals surface area contributed by atoms with E-state index in [4.69, 9.17) is 4.42 Å². The van der Waals surface area contributed by atoms with Crippen molar-refractivity contribution in [3.8, 4) is 16.8 Å². The van der Waals surface area contributed by atoms with E-state index in [1.165, 1.54) is 48.0 Å². The van der Waals surface area contributed by atoms with Crippen LogP contribution in [0.25, 0.3) is 76.7 Å². The molecule has 0 unspecified atom stereocenters. The molecule has 246 valence electrons. The fourth-order valence-corrected chi connectivity index (χ4v) is 9.56. The molecule has 10 aromatic rings. The van der Waals surface area contributed by atoms with Gasteiger partial charge in [0.1, 0.15) is 11.2 Å². The number of benzene rings is 7. The summed E-state index contributed by atoms with van der Waals surface area (Å²) in [5, 5.41) is 6.20. The summed E-state index contributed by atoms with van der Waals surface area (Å²) in [4.78, 5) is 3.84. The summed E-state index contributed by atoms with van der Waals surface area (Å²) in [6.45, 7) is 0. The van der Waals surface area contributed by atoms with E-state index >= 15 is 0 Å². The maximum absolute atomic E-state index is 6.43. The predicted molar refractivity (Wildman–Crippen MR) is 220 cm³/mol. The number of aromatic nitrogens is 1. The van der Waals surface area contributed by atoms with Crippen LogP contribution in [0.15, 0.2) is 174 Å². The Labute approximate surface area is 304 Å². The van der Waals surface area contributed by atoms with E-state index in [1.54, 1.807) is 0 Å². The summed E-state index contributed by atoms with van der Waals surface area (Å²) < 4.78 is 10.2. The molecule has 4 heteroatoms. The lowest BCUT2D eigenvalue weighted by Crippen LogP contribution is -2.18. The molecule has 1 aliphatic rings. The number of anilines is 2. The second-order valence-electron chi connectivity index (χ2n) is 13.6. The van der Waals surface area contributed by atoms with E-state index in [2.05, 4.69) is 167 Å². The van der Waals surface area contributed by atoms with Gasteiger partial charge in [0.2, 0.25) is 0 Å². The van der Waals surface area contributed by atoms with Gasteiger partial charge in [-0.3, -0.25) is 0 Å². The zero-order valence-corrected chi connectivity index (χ0v) is 29.1. The number of thiophene rings is 1. The van der Waals surface area contributed by atoms with Crippen LogP contribution in [0.3, 0.4) is 0 Å². The summed E-state index contributed by atoms with van der Waals surface area (Å²) in [7, 11) is 0. The molecular weight excluding hydrogens is 653 g/mol. The van der Waals surface area contributed by atoms with Crippen molar-refractivity contribution >= 4 is 82.6 Å². The number of allylic oxidation sites excluding steroid dienone is 1. The van der Waals surface area contributed by atoms with E-state index in [-0.39, 0.29) is 0 Å². The number of hydrogen-bond acceptors (Lipinski definition) is 3. The van der Waals surface area contributed by atoms with Gasteiger partial charge in [0.05, 0.1) is 11.0 Å². The monoisotopic (exact) mass is 684 g/mol. The summed E-state index contributed by atoms with van der Waals surface area (Å²) >= 11 is 1.90. The molecule has 0 saturated heterocycles. The molecule has 3 heterocycles. The second kappa shape index (κ2) is 11.6. The zero-order chi connectivity index (χ0) is 34.2. The van der Waals surface area contributed by atoms with Gasteiger partial charge in [0, 0.05) is 59.4 Å². The molecule has 0 atom stereocenters. The van der Waals surface area contributed by atoms with E-state index in [9.17, 15) is 0 Å². The number of hydrogen-bond donors (Lipinski definition) is 0. The van der Waals surface area contributed by atoms with Crippen molar-refractivity contribution in [1.29, 1.82) is 0 Å². The van der Waals surface area contributed by atoms with Crippen LogP contribution < -0.4 is 4.90 Å². The largest absolute Gasteiger partial charge is 0.455 e. The lowest BCUT2D eigenvalue weighted by atomic mass is 9.97. The highest BCUT2D eigenvalue weighted by Gasteiger charge is 2.24. The molecule has 0 fully saturated rings. The van der Waals surface area contributed by atoms with Crippen LogP contribution in [0.5, 0.6) is 0 Å². The number of nitrogens with zero attached hydrogens (tertiary/aromatic N) is 2. The molecule has 0 saturated carbocycles. The number of fused-ring (bicyclic) bond motifs is 9. The van der Waals surface area contributed by atoms with Gasteiger partial charge in [-0.25, -0.2) is 0 Å². The number of rotatable bonds is 5. The fraction of sp³-hybridized carbons (Fsp3) is 0.0417. The zero-order valence-electron chi connectivity index (χ0n) is 28.3. The van der Waals surface area contributed by atoms with Crippen LogP contribution >= 0.6 is 11.3 Å². The summed E-state index contributed by atoms with van der Waals surface area (Å²) in [5.74, 6) is 0. The van der Waals surface area contributed by atoms with Crippen LogP contribution in [-0.4, -0.2) is 4.57 Å². The van der Waals surface area contributed by atoms with Gasteiger partial charge in [-0.1, -0.05) is 109 Å².